The quantitative estimate of drug-likeness (QED) is 0.211. The maximum atomic E-state index is 13.5. The average molecular weight is 587 g/mol. The molecule has 1 saturated carbocycles. The van der Waals surface area contributed by atoms with Gasteiger partial charge in [0.05, 0.1) is 12.8 Å². The molecule has 3 aliphatic heterocycles. The lowest BCUT2D eigenvalue weighted by Crippen LogP contribution is -2.50. The molecular formula is C23H29F3O12S. The highest BCUT2D eigenvalue weighted by Crippen LogP contribution is 2.52. The highest BCUT2D eigenvalue weighted by Gasteiger charge is 2.72. The fourth-order valence-electron chi connectivity index (χ4n) is 5.69. The normalized spacial score (nSPS) is 31.7. The van der Waals surface area contributed by atoms with Crippen LogP contribution in [0.5, 0.6) is 0 Å². The predicted molar refractivity (Wildman–Crippen MR) is 119 cm³/mol. The Balaban J connectivity index is 1.33. The Hall–Kier alpha value is -2.46. The fraction of sp³-hybridized carbons (Fsp3) is 0.826. The van der Waals surface area contributed by atoms with Gasteiger partial charge in [-0.2, -0.15) is 17.2 Å². The number of esters is 4. The summed E-state index contributed by atoms with van der Waals surface area (Å²) in [5, 5.41) is -5.20. The summed E-state index contributed by atoms with van der Waals surface area (Å²) in [7, 11) is -6.08. The van der Waals surface area contributed by atoms with Gasteiger partial charge in [-0.3, -0.25) is 23.7 Å². The highest BCUT2D eigenvalue weighted by molar-refractivity contribution is 7.86. The molecule has 16 heteroatoms. The van der Waals surface area contributed by atoms with Crippen LogP contribution in [-0.2, 0) is 53.0 Å². The second kappa shape index (κ2) is 10.5. The van der Waals surface area contributed by atoms with Gasteiger partial charge in [0.15, 0.2) is 12.2 Å². The SMILES string of the molecule is CC(C)C1(OC(=O)C2C3OC4C(OC(=O)C42)C3OC(=O)CCC(=O)OCC(F)C(F)(F)S(=O)(=O)O)CCCC1. The van der Waals surface area contributed by atoms with Crippen molar-refractivity contribution in [1.82, 2.24) is 0 Å². The molecule has 39 heavy (non-hydrogen) atoms. The molecule has 220 valence electrons. The van der Waals surface area contributed by atoms with E-state index in [2.05, 4.69) is 4.74 Å². The highest BCUT2D eigenvalue weighted by atomic mass is 32.2. The van der Waals surface area contributed by atoms with E-state index in [1.165, 1.54) is 0 Å². The molecule has 0 aromatic carbocycles. The monoisotopic (exact) mass is 586 g/mol. The van der Waals surface area contributed by atoms with E-state index in [1.807, 2.05) is 13.8 Å². The minimum Gasteiger partial charge on any atom is -0.462 e. The number of carbonyl (C=O) groups is 4. The maximum Gasteiger partial charge on any atom is 0.403 e. The summed E-state index contributed by atoms with van der Waals surface area (Å²) in [4.78, 5) is 50.0. The summed E-state index contributed by atoms with van der Waals surface area (Å²) in [6, 6.07) is 0. The lowest BCUT2D eigenvalue weighted by Gasteiger charge is -2.36. The Kier molecular flexibility index (Phi) is 7.95. The molecule has 4 aliphatic rings. The summed E-state index contributed by atoms with van der Waals surface area (Å²) in [6.07, 6.45) is -5.79. The second-order valence-electron chi connectivity index (χ2n) is 10.5. The zero-order valence-electron chi connectivity index (χ0n) is 21.0. The van der Waals surface area contributed by atoms with Crippen molar-refractivity contribution in [2.24, 2.45) is 17.8 Å². The van der Waals surface area contributed by atoms with Crippen molar-refractivity contribution in [3.05, 3.63) is 0 Å². The van der Waals surface area contributed by atoms with Crippen LogP contribution >= 0.6 is 0 Å². The molecule has 4 fully saturated rings. The standard InChI is InChI=1S/C23H29F3O12S/c1-10(2)22(7-3-4-8-22)38-21(30)15-14-16-19(37-20(14)29)18(17(15)36-16)35-13(28)6-5-12(27)34-9-11(24)23(25,26)39(31,32)33/h10-11,14-19H,3-9H2,1-2H3,(H,31,32,33). The van der Waals surface area contributed by atoms with Crippen molar-refractivity contribution in [2.45, 2.75) is 93.8 Å². The number of fused-ring (bicyclic) bond motifs is 1. The number of rotatable bonds is 11. The first kappa shape index (κ1) is 29.5. The molecule has 0 aromatic rings. The number of hydrogen-bond donors (Lipinski definition) is 1. The zero-order chi connectivity index (χ0) is 28.9. The van der Waals surface area contributed by atoms with E-state index in [4.69, 9.17) is 23.5 Å². The summed E-state index contributed by atoms with van der Waals surface area (Å²) in [5.41, 5.74) is -0.669. The van der Waals surface area contributed by atoms with Crippen molar-refractivity contribution in [1.29, 1.82) is 0 Å². The van der Waals surface area contributed by atoms with Crippen LogP contribution in [0, 0.1) is 17.8 Å². The van der Waals surface area contributed by atoms with Gasteiger partial charge < -0.3 is 23.7 Å². The van der Waals surface area contributed by atoms with Crippen molar-refractivity contribution in [3.8, 4) is 0 Å². The number of ether oxygens (including phenoxy) is 5. The molecule has 7 atom stereocenters. The Morgan fingerprint density at radius 3 is 2.31 bits per heavy atom. The van der Waals surface area contributed by atoms with Crippen LogP contribution < -0.4 is 0 Å². The molecule has 7 unspecified atom stereocenters. The van der Waals surface area contributed by atoms with E-state index in [9.17, 15) is 40.8 Å². The van der Waals surface area contributed by atoms with E-state index in [0.29, 0.717) is 12.8 Å². The molecule has 0 aromatic heterocycles. The first-order valence-electron chi connectivity index (χ1n) is 12.5. The van der Waals surface area contributed by atoms with E-state index < -0.39 is 107 Å². The van der Waals surface area contributed by atoms with Crippen LogP contribution in [0.2, 0.25) is 0 Å². The van der Waals surface area contributed by atoms with Crippen LogP contribution in [0.1, 0.15) is 52.4 Å². The van der Waals surface area contributed by atoms with E-state index >= 15 is 0 Å². The Bertz CT molecular complexity index is 1120. The first-order chi connectivity index (χ1) is 18.1. The van der Waals surface area contributed by atoms with Crippen LogP contribution in [0.25, 0.3) is 0 Å². The van der Waals surface area contributed by atoms with E-state index in [0.717, 1.165) is 12.8 Å². The largest absolute Gasteiger partial charge is 0.462 e. The molecule has 3 heterocycles. The van der Waals surface area contributed by atoms with E-state index in [1.54, 1.807) is 0 Å². The van der Waals surface area contributed by atoms with Gasteiger partial charge in [-0.25, -0.2) is 4.39 Å². The molecule has 1 N–H and O–H groups in total. The van der Waals surface area contributed by atoms with Crippen molar-refractivity contribution in [2.75, 3.05) is 6.61 Å². The topological polar surface area (TPSA) is 169 Å². The molecule has 0 spiro atoms. The van der Waals surface area contributed by atoms with Crippen LogP contribution in [-0.4, -0.2) is 84.9 Å². The smallest absolute Gasteiger partial charge is 0.403 e. The van der Waals surface area contributed by atoms with Gasteiger partial charge in [0.2, 0.25) is 6.17 Å². The maximum absolute atomic E-state index is 13.5. The first-order valence-corrected chi connectivity index (χ1v) is 14.0. The third-order valence-corrected chi connectivity index (χ3v) is 8.83. The summed E-state index contributed by atoms with van der Waals surface area (Å²) >= 11 is 0. The fourth-order valence-corrected chi connectivity index (χ4v) is 6.08. The zero-order valence-corrected chi connectivity index (χ0v) is 21.9. The molecular weight excluding hydrogens is 557 g/mol. The number of halogens is 3. The summed E-state index contributed by atoms with van der Waals surface area (Å²) in [6.45, 7) is 2.19. The van der Waals surface area contributed by atoms with Gasteiger partial charge in [-0.1, -0.05) is 13.8 Å². The lowest BCUT2D eigenvalue weighted by atomic mass is 9.78. The average Bonchev–Trinajstić information content (AvgIpc) is 3.59. The number of carbonyl (C=O) groups excluding carboxylic acids is 4. The third kappa shape index (κ3) is 5.34. The minimum atomic E-state index is -6.08. The number of hydrogen-bond acceptors (Lipinski definition) is 11. The Morgan fingerprint density at radius 1 is 1.10 bits per heavy atom. The number of alkyl halides is 3. The minimum absolute atomic E-state index is 0.0343. The van der Waals surface area contributed by atoms with Crippen LogP contribution in [0.15, 0.2) is 0 Å². The van der Waals surface area contributed by atoms with Crippen molar-refractivity contribution >= 4 is 34.0 Å². The van der Waals surface area contributed by atoms with Gasteiger partial charge in [-0.05, 0) is 31.6 Å². The van der Waals surface area contributed by atoms with Crippen LogP contribution in [0.3, 0.4) is 0 Å². The van der Waals surface area contributed by atoms with E-state index in [-0.39, 0.29) is 5.92 Å². The predicted octanol–water partition coefficient (Wildman–Crippen LogP) is 1.49. The summed E-state index contributed by atoms with van der Waals surface area (Å²) in [5.74, 6) is -5.59. The molecule has 1 aliphatic carbocycles. The third-order valence-electron chi connectivity index (χ3n) is 7.88. The van der Waals surface area contributed by atoms with Crippen molar-refractivity contribution < 1.29 is 69.0 Å². The van der Waals surface area contributed by atoms with Gasteiger partial charge in [0, 0.05) is 0 Å². The summed E-state index contributed by atoms with van der Waals surface area (Å²) < 4.78 is 95.9. The molecule has 2 bridgehead atoms. The molecule has 3 saturated heterocycles. The van der Waals surface area contributed by atoms with Gasteiger partial charge >= 0.3 is 39.2 Å². The van der Waals surface area contributed by atoms with Gasteiger partial charge in [-0.15, -0.1) is 0 Å². The van der Waals surface area contributed by atoms with Crippen LogP contribution in [0.4, 0.5) is 13.2 Å². The molecule has 0 radical (unpaired) electrons. The van der Waals surface area contributed by atoms with Crippen molar-refractivity contribution in [3.63, 3.8) is 0 Å². The Morgan fingerprint density at radius 2 is 1.72 bits per heavy atom. The molecule has 12 nitrogen and oxygen atoms in total. The van der Waals surface area contributed by atoms with Gasteiger partial charge in [0.25, 0.3) is 0 Å². The Labute approximate surface area is 221 Å². The van der Waals surface area contributed by atoms with Gasteiger partial charge in [0.1, 0.15) is 36.3 Å². The second-order valence-corrected chi connectivity index (χ2v) is 12.0. The molecule has 4 rings (SSSR count). The lowest BCUT2D eigenvalue weighted by molar-refractivity contribution is -0.177. The molecule has 0 amide bonds.